The smallest absolute Gasteiger partial charge is 0.192 e. The highest BCUT2D eigenvalue weighted by atomic mass is 28.4. The molecule has 0 radical (unpaired) electrons. The van der Waals surface area contributed by atoms with E-state index in [4.69, 9.17) is 13.9 Å². The van der Waals surface area contributed by atoms with Crippen LogP contribution in [0.1, 0.15) is 27.2 Å². The first-order valence-electron chi connectivity index (χ1n) is 6.65. The number of hydrogen-bond acceptors (Lipinski definition) is 4. The topological polar surface area (TPSA) is 48.1 Å². The van der Waals surface area contributed by atoms with Gasteiger partial charge in [0, 0.05) is 6.42 Å². The van der Waals surface area contributed by atoms with Crippen molar-refractivity contribution in [2.75, 3.05) is 6.61 Å². The SMILES string of the molecule is CC(C)(C)[Si](C)(C)O[C@@H]1[C@@H]2O[C@@H]2CO[C@H]1CC=O. The van der Waals surface area contributed by atoms with Gasteiger partial charge in [0.05, 0.1) is 12.7 Å². The fourth-order valence-corrected chi connectivity index (χ4v) is 3.38. The van der Waals surface area contributed by atoms with Gasteiger partial charge in [0.15, 0.2) is 8.32 Å². The largest absolute Gasteiger partial charge is 0.409 e. The molecule has 0 aromatic carbocycles. The van der Waals surface area contributed by atoms with Gasteiger partial charge in [-0.15, -0.1) is 0 Å². The van der Waals surface area contributed by atoms with Crippen LogP contribution in [0.25, 0.3) is 0 Å². The molecule has 4 atom stereocenters. The molecule has 2 aliphatic heterocycles. The van der Waals surface area contributed by atoms with Crippen LogP contribution in [-0.2, 0) is 18.7 Å². The molecule has 0 saturated carbocycles. The van der Waals surface area contributed by atoms with E-state index in [9.17, 15) is 4.79 Å². The minimum atomic E-state index is -1.85. The van der Waals surface area contributed by atoms with Gasteiger partial charge in [-0.1, -0.05) is 20.8 Å². The Hall–Kier alpha value is -0.233. The van der Waals surface area contributed by atoms with Crippen LogP contribution in [0.15, 0.2) is 0 Å². The number of aldehydes is 1. The van der Waals surface area contributed by atoms with Crippen LogP contribution in [0.4, 0.5) is 0 Å². The minimum Gasteiger partial charge on any atom is -0.409 e. The van der Waals surface area contributed by atoms with Crippen LogP contribution >= 0.6 is 0 Å². The first-order valence-corrected chi connectivity index (χ1v) is 9.55. The monoisotopic (exact) mass is 272 g/mol. The van der Waals surface area contributed by atoms with Crippen LogP contribution in [0.2, 0.25) is 18.1 Å². The lowest BCUT2D eigenvalue weighted by Crippen LogP contribution is -2.52. The first-order chi connectivity index (χ1) is 8.26. The van der Waals surface area contributed by atoms with Gasteiger partial charge >= 0.3 is 0 Å². The molecule has 2 heterocycles. The summed E-state index contributed by atoms with van der Waals surface area (Å²) in [5.41, 5.74) is 0. The normalized spacial score (nSPS) is 36.1. The number of ether oxygens (including phenoxy) is 2. The van der Waals surface area contributed by atoms with Gasteiger partial charge in [-0.05, 0) is 18.1 Å². The Morgan fingerprint density at radius 3 is 2.61 bits per heavy atom. The molecule has 0 bridgehead atoms. The molecule has 18 heavy (non-hydrogen) atoms. The highest BCUT2D eigenvalue weighted by Crippen LogP contribution is 2.42. The van der Waals surface area contributed by atoms with Crippen LogP contribution < -0.4 is 0 Å². The van der Waals surface area contributed by atoms with E-state index in [1.807, 2.05) is 0 Å². The lowest BCUT2D eigenvalue weighted by atomic mass is 10.0. The number of epoxide rings is 1. The Labute approximate surface area is 110 Å². The summed E-state index contributed by atoms with van der Waals surface area (Å²) in [6, 6.07) is 0. The van der Waals surface area contributed by atoms with E-state index in [0.29, 0.717) is 13.0 Å². The van der Waals surface area contributed by atoms with Crippen LogP contribution in [0.3, 0.4) is 0 Å². The highest BCUT2D eigenvalue weighted by Gasteiger charge is 2.55. The molecular formula is C13H24O4Si. The zero-order valence-corrected chi connectivity index (χ0v) is 12.9. The number of carbonyl (C=O) groups excluding carboxylic acids is 1. The molecule has 0 spiro atoms. The second-order valence-corrected chi connectivity index (χ2v) is 11.5. The number of rotatable bonds is 4. The third kappa shape index (κ3) is 2.69. The standard InChI is InChI=1S/C13H24O4Si/c1-13(2,3)18(4,5)17-12-9(6-7-14)15-8-10-11(12)16-10/h7,9-12H,6,8H2,1-5H3/t9-,10+,11+,12-/m0/s1. The van der Waals surface area contributed by atoms with Crippen LogP contribution in [0, 0.1) is 0 Å². The summed E-state index contributed by atoms with van der Waals surface area (Å²) in [5.74, 6) is 0. The third-order valence-electron chi connectivity index (χ3n) is 4.35. The predicted octanol–water partition coefficient (Wildman–Crippen LogP) is 2.13. The summed E-state index contributed by atoms with van der Waals surface area (Å²) in [7, 11) is -1.85. The molecule has 2 rings (SSSR count). The van der Waals surface area contributed by atoms with E-state index in [0.717, 1.165) is 6.29 Å². The molecule has 2 fully saturated rings. The summed E-state index contributed by atoms with van der Waals surface area (Å²) in [4.78, 5) is 10.7. The Bertz CT molecular complexity index is 323. The van der Waals surface area contributed by atoms with Gasteiger partial charge in [0.25, 0.3) is 0 Å². The van der Waals surface area contributed by atoms with Crippen molar-refractivity contribution in [3.05, 3.63) is 0 Å². The lowest BCUT2D eigenvalue weighted by molar-refractivity contribution is -0.114. The van der Waals surface area contributed by atoms with Crippen LogP contribution in [-0.4, -0.2) is 45.6 Å². The van der Waals surface area contributed by atoms with E-state index >= 15 is 0 Å². The van der Waals surface area contributed by atoms with Gasteiger partial charge < -0.3 is 18.7 Å². The first kappa shape index (κ1) is 14.2. The second-order valence-electron chi connectivity index (χ2n) is 6.76. The van der Waals surface area contributed by atoms with E-state index in [1.165, 1.54) is 0 Å². The second kappa shape index (κ2) is 4.70. The summed E-state index contributed by atoms with van der Waals surface area (Å²) in [6.07, 6.45) is 1.41. The Balaban J connectivity index is 2.07. The molecule has 2 aliphatic rings. The maximum atomic E-state index is 10.7. The van der Waals surface area contributed by atoms with Gasteiger partial charge in [-0.3, -0.25) is 0 Å². The van der Waals surface area contributed by atoms with Gasteiger partial charge in [-0.25, -0.2) is 0 Å². The fraction of sp³-hybridized carbons (Fsp3) is 0.923. The van der Waals surface area contributed by atoms with E-state index in [-0.39, 0.29) is 29.5 Å². The molecule has 0 unspecified atom stereocenters. The third-order valence-corrected chi connectivity index (χ3v) is 8.83. The molecule has 0 N–H and O–H groups in total. The maximum Gasteiger partial charge on any atom is 0.192 e. The fourth-order valence-electron chi connectivity index (χ4n) is 2.06. The molecule has 0 aliphatic carbocycles. The van der Waals surface area contributed by atoms with E-state index in [2.05, 4.69) is 33.9 Å². The zero-order valence-electron chi connectivity index (χ0n) is 11.9. The average Bonchev–Trinajstić information content (AvgIpc) is 2.99. The van der Waals surface area contributed by atoms with Crippen molar-refractivity contribution in [3.63, 3.8) is 0 Å². The van der Waals surface area contributed by atoms with Crippen molar-refractivity contribution in [2.45, 2.75) is 69.7 Å². The summed E-state index contributed by atoms with van der Waals surface area (Å²) < 4.78 is 17.7. The predicted molar refractivity (Wildman–Crippen MR) is 71.2 cm³/mol. The van der Waals surface area contributed by atoms with Crippen molar-refractivity contribution in [3.8, 4) is 0 Å². The molecule has 0 amide bonds. The van der Waals surface area contributed by atoms with Crippen LogP contribution in [0.5, 0.6) is 0 Å². The molecule has 104 valence electrons. The highest BCUT2D eigenvalue weighted by molar-refractivity contribution is 6.74. The van der Waals surface area contributed by atoms with Crippen molar-refractivity contribution < 1.29 is 18.7 Å². The van der Waals surface area contributed by atoms with E-state index in [1.54, 1.807) is 0 Å². The Kier molecular flexibility index (Phi) is 3.71. The Morgan fingerprint density at radius 2 is 2.06 bits per heavy atom. The number of hydrogen-bond donors (Lipinski definition) is 0. The van der Waals surface area contributed by atoms with Crippen molar-refractivity contribution >= 4 is 14.6 Å². The van der Waals surface area contributed by atoms with Gasteiger partial charge in [-0.2, -0.15) is 0 Å². The minimum absolute atomic E-state index is 0.0742. The molecule has 0 aromatic rings. The summed E-state index contributed by atoms with van der Waals surface area (Å²) in [6.45, 7) is 11.7. The lowest BCUT2D eigenvalue weighted by Gasteiger charge is -2.41. The quantitative estimate of drug-likeness (QED) is 0.447. The summed E-state index contributed by atoms with van der Waals surface area (Å²) in [5, 5.41) is 0.153. The molecule has 0 aromatic heterocycles. The molecule has 5 heteroatoms. The van der Waals surface area contributed by atoms with Crippen molar-refractivity contribution in [1.82, 2.24) is 0 Å². The average molecular weight is 272 g/mol. The molecule has 4 nitrogen and oxygen atoms in total. The van der Waals surface area contributed by atoms with Gasteiger partial charge in [0.1, 0.15) is 24.6 Å². The van der Waals surface area contributed by atoms with Crippen molar-refractivity contribution in [1.29, 1.82) is 0 Å². The van der Waals surface area contributed by atoms with Crippen molar-refractivity contribution in [2.24, 2.45) is 0 Å². The van der Waals surface area contributed by atoms with Gasteiger partial charge in [0.2, 0.25) is 0 Å². The number of fused-ring (bicyclic) bond motifs is 1. The zero-order chi connectivity index (χ0) is 13.6. The molecular weight excluding hydrogens is 248 g/mol. The Morgan fingerprint density at radius 1 is 1.39 bits per heavy atom. The molecule has 2 saturated heterocycles. The summed E-state index contributed by atoms with van der Waals surface area (Å²) >= 11 is 0. The maximum absolute atomic E-state index is 10.7. The van der Waals surface area contributed by atoms with E-state index < -0.39 is 8.32 Å². The number of carbonyl (C=O) groups is 1.